The summed E-state index contributed by atoms with van der Waals surface area (Å²) in [5, 5.41) is 8.03. The molecule has 0 aliphatic carbocycles. The van der Waals surface area contributed by atoms with Gasteiger partial charge in [0.15, 0.2) is 5.82 Å². The predicted molar refractivity (Wildman–Crippen MR) is 70.7 cm³/mol. The van der Waals surface area contributed by atoms with Crippen molar-refractivity contribution in [3.05, 3.63) is 17.8 Å². The molecule has 88 valence electrons. The van der Waals surface area contributed by atoms with E-state index in [1.165, 1.54) is 0 Å². The second-order valence-electron chi connectivity index (χ2n) is 3.57. The van der Waals surface area contributed by atoms with Crippen molar-refractivity contribution in [2.75, 3.05) is 18.0 Å². The van der Waals surface area contributed by atoms with Crippen LogP contribution in [0.25, 0.3) is 0 Å². The zero-order chi connectivity index (χ0) is 12.0. The van der Waals surface area contributed by atoms with Gasteiger partial charge in [-0.05, 0) is 19.4 Å². The molecule has 0 saturated carbocycles. The van der Waals surface area contributed by atoms with Crippen LogP contribution in [0.4, 0.5) is 5.82 Å². The van der Waals surface area contributed by atoms with E-state index in [4.69, 9.17) is 18.0 Å². The molecule has 0 spiro atoms. The summed E-state index contributed by atoms with van der Waals surface area (Å²) >= 11 is 5.01. The van der Waals surface area contributed by atoms with Gasteiger partial charge in [0.1, 0.15) is 4.99 Å². The third-order valence-corrected chi connectivity index (χ3v) is 2.65. The Morgan fingerprint density at radius 2 is 2.25 bits per heavy atom. The van der Waals surface area contributed by atoms with Crippen molar-refractivity contribution in [3.8, 4) is 0 Å². The van der Waals surface area contributed by atoms with Crippen LogP contribution in [0, 0.1) is 0 Å². The quantitative estimate of drug-likeness (QED) is 0.765. The first-order valence-corrected chi connectivity index (χ1v) is 5.98. The van der Waals surface area contributed by atoms with E-state index in [0.29, 0.717) is 4.99 Å². The number of unbranched alkanes of at least 4 members (excludes halogenated alkanes) is 1. The van der Waals surface area contributed by atoms with Gasteiger partial charge in [-0.3, -0.25) is 0 Å². The van der Waals surface area contributed by atoms with Gasteiger partial charge in [-0.1, -0.05) is 25.6 Å². The van der Waals surface area contributed by atoms with Gasteiger partial charge in [0.25, 0.3) is 0 Å². The minimum atomic E-state index is 0.375. The average Bonchev–Trinajstić information content (AvgIpc) is 2.30. The molecule has 0 amide bonds. The van der Waals surface area contributed by atoms with E-state index >= 15 is 0 Å². The van der Waals surface area contributed by atoms with Gasteiger partial charge in [0.05, 0.1) is 11.8 Å². The fourth-order valence-corrected chi connectivity index (χ4v) is 1.67. The van der Waals surface area contributed by atoms with Crippen LogP contribution in [0.2, 0.25) is 0 Å². The van der Waals surface area contributed by atoms with Crippen LogP contribution < -0.4 is 10.6 Å². The highest BCUT2D eigenvalue weighted by Gasteiger charge is 2.12. The Balaban J connectivity index is 2.94. The molecule has 2 N–H and O–H groups in total. The van der Waals surface area contributed by atoms with Crippen molar-refractivity contribution >= 4 is 23.0 Å². The maximum Gasteiger partial charge on any atom is 0.161 e. The fourth-order valence-electron chi connectivity index (χ4n) is 1.51. The molecule has 0 unspecified atom stereocenters. The van der Waals surface area contributed by atoms with Crippen molar-refractivity contribution in [1.29, 1.82) is 0 Å². The van der Waals surface area contributed by atoms with Crippen molar-refractivity contribution in [3.63, 3.8) is 0 Å². The van der Waals surface area contributed by atoms with E-state index in [2.05, 4.69) is 28.9 Å². The number of nitrogens with two attached hydrogens (primary N) is 1. The van der Waals surface area contributed by atoms with Crippen molar-refractivity contribution in [2.24, 2.45) is 5.73 Å². The number of nitrogens with zero attached hydrogens (tertiary/aromatic N) is 3. The number of hydrogen-bond acceptors (Lipinski definition) is 4. The lowest BCUT2D eigenvalue weighted by Crippen LogP contribution is -2.28. The number of thiocarbonyl (C=S) groups is 1. The van der Waals surface area contributed by atoms with Crippen molar-refractivity contribution in [1.82, 2.24) is 10.2 Å². The molecule has 4 nitrogen and oxygen atoms in total. The first-order valence-electron chi connectivity index (χ1n) is 5.57. The Labute approximate surface area is 102 Å². The Kier molecular flexibility index (Phi) is 5.11. The SMILES string of the molecule is CCCCN(CC)c1nnccc1C(N)=S. The fraction of sp³-hybridized carbons (Fsp3) is 0.545. The molecule has 0 saturated heterocycles. The zero-order valence-corrected chi connectivity index (χ0v) is 10.6. The minimum absolute atomic E-state index is 0.375. The topological polar surface area (TPSA) is 55.0 Å². The minimum Gasteiger partial charge on any atom is -0.389 e. The van der Waals surface area contributed by atoms with Gasteiger partial charge < -0.3 is 10.6 Å². The second-order valence-corrected chi connectivity index (χ2v) is 4.01. The van der Waals surface area contributed by atoms with E-state index in [1.807, 2.05) is 6.07 Å². The normalized spacial score (nSPS) is 10.1. The van der Waals surface area contributed by atoms with E-state index in [0.717, 1.165) is 37.3 Å². The highest BCUT2D eigenvalue weighted by atomic mass is 32.1. The van der Waals surface area contributed by atoms with Gasteiger partial charge in [0, 0.05) is 13.1 Å². The number of anilines is 1. The Bertz CT molecular complexity index is 354. The molecule has 0 fully saturated rings. The molecule has 1 aromatic heterocycles. The number of hydrogen-bond donors (Lipinski definition) is 1. The average molecular weight is 238 g/mol. The van der Waals surface area contributed by atoms with Crippen LogP contribution in [0.5, 0.6) is 0 Å². The molecule has 0 bridgehead atoms. The molecule has 1 heterocycles. The van der Waals surface area contributed by atoms with Crippen molar-refractivity contribution < 1.29 is 0 Å². The Morgan fingerprint density at radius 3 is 2.81 bits per heavy atom. The maximum atomic E-state index is 5.67. The lowest BCUT2D eigenvalue weighted by molar-refractivity contribution is 0.717. The van der Waals surface area contributed by atoms with E-state index in [-0.39, 0.29) is 0 Å². The van der Waals surface area contributed by atoms with Gasteiger partial charge in [0.2, 0.25) is 0 Å². The molecule has 0 atom stereocenters. The van der Waals surface area contributed by atoms with Crippen molar-refractivity contribution in [2.45, 2.75) is 26.7 Å². The molecule has 0 aromatic carbocycles. The summed E-state index contributed by atoms with van der Waals surface area (Å²) < 4.78 is 0. The molecule has 16 heavy (non-hydrogen) atoms. The molecular weight excluding hydrogens is 220 g/mol. The summed E-state index contributed by atoms with van der Waals surface area (Å²) in [6, 6.07) is 1.82. The van der Waals surface area contributed by atoms with Gasteiger partial charge in [-0.15, -0.1) is 5.10 Å². The van der Waals surface area contributed by atoms with Crippen LogP contribution in [-0.2, 0) is 0 Å². The van der Waals surface area contributed by atoms with Gasteiger partial charge in [-0.25, -0.2) is 0 Å². The summed E-state index contributed by atoms with van der Waals surface area (Å²) in [5.74, 6) is 0.797. The highest BCUT2D eigenvalue weighted by Crippen LogP contribution is 2.16. The zero-order valence-electron chi connectivity index (χ0n) is 9.81. The van der Waals surface area contributed by atoms with E-state index in [9.17, 15) is 0 Å². The predicted octanol–water partition coefficient (Wildman–Crippen LogP) is 1.74. The standard InChI is InChI=1S/C11H18N4S/c1-3-5-8-15(4-2)11-9(10(12)16)6-7-13-14-11/h6-7H,3-5,8H2,1-2H3,(H2,12,16). The Morgan fingerprint density at radius 1 is 1.50 bits per heavy atom. The van der Waals surface area contributed by atoms with Crippen LogP contribution >= 0.6 is 12.2 Å². The first kappa shape index (κ1) is 12.8. The van der Waals surface area contributed by atoms with Gasteiger partial charge >= 0.3 is 0 Å². The summed E-state index contributed by atoms with van der Waals surface area (Å²) in [7, 11) is 0. The molecule has 0 radical (unpaired) electrons. The van der Waals surface area contributed by atoms with Crippen LogP contribution in [0.15, 0.2) is 12.3 Å². The molecule has 5 heteroatoms. The maximum absolute atomic E-state index is 5.67. The Hall–Kier alpha value is -1.23. The van der Waals surface area contributed by atoms with Crippen LogP contribution in [0.1, 0.15) is 32.3 Å². The summed E-state index contributed by atoms with van der Waals surface area (Å²) in [6.45, 7) is 6.10. The molecule has 0 aliphatic heterocycles. The largest absolute Gasteiger partial charge is 0.389 e. The number of rotatable bonds is 6. The van der Waals surface area contributed by atoms with Crippen LogP contribution in [-0.4, -0.2) is 28.3 Å². The monoisotopic (exact) mass is 238 g/mol. The summed E-state index contributed by atoms with van der Waals surface area (Å²) in [6.07, 6.45) is 3.89. The van der Waals surface area contributed by atoms with Crippen LogP contribution in [0.3, 0.4) is 0 Å². The molecule has 1 rings (SSSR count). The molecule has 0 aliphatic rings. The van der Waals surface area contributed by atoms with E-state index in [1.54, 1.807) is 6.20 Å². The lowest BCUT2D eigenvalue weighted by Gasteiger charge is -2.23. The second kappa shape index (κ2) is 6.37. The number of aromatic nitrogens is 2. The molecular formula is C11H18N4S. The highest BCUT2D eigenvalue weighted by molar-refractivity contribution is 7.80. The molecule has 1 aromatic rings. The third-order valence-electron chi connectivity index (χ3n) is 2.43. The van der Waals surface area contributed by atoms with E-state index < -0.39 is 0 Å². The third kappa shape index (κ3) is 3.13. The smallest absolute Gasteiger partial charge is 0.161 e. The summed E-state index contributed by atoms with van der Waals surface area (Å²) in [4.78, 5) is 2.53. The lowest BCUT2D eigenvalue weighted by atomic mass is 10.2. The summed E-state index contributed by atoms with van der Waals surface area (Å²) in [5.41, 5.74) is 6.48. The van der Waals surface area contributed by atoms with Gasteiger partial charge in [-0.2, -0.15) is 5.10 Å². The first-order chi connectivity index (χ1) is 7.70.